The summed E-state index contributed by atoms with van der Waals surface area (Å²) in [4.78, 5) is 35.9. The third kappa shape index (κ3) is 1.74. The average molecular weight is 290 g/mol. The minimum absolute atomic E-state index is 0.390. The van der Waals surface area contributed by atoms with Crippen LogP contribution in [0.5, 0.6) is 0 Å². The minimum atomic E-state index is -0.511. The summed E-state index contributed by atoms with van der Waals surface area (Å²) < 4.78 is 1.11. The number of hydrogen-bond acceptors (Lipinski definition) is 4. The van der Waals surface area contributed by atoms with Gasteiger partial charge in [-0.2, -0.15) is 0 Å². The monoisotopic (exact) mass is 290 g/mol. The van der Waals surface area contributed by atoms with Crippen molar-refractivity contribution in [3.63, 3.8) is 0 Å². The van der Waals surface area contributed by atoms with E-state index in [0.717, 1.165) is 9.95 Å². The van der Waals surface area contributed by atoms with E-state index in [9.17, 15) is 9.59 Å². The van der Waals surface area contributed by atoms with E-state index in [2.05, 4.69) is 15.0 Å². The molecule has 4 aromatic rings. The maximum absolute atomic E-state index is 12.7. The molecule has 4 rings (SSSR count). The van der Waals surface area contributed by atoms with Crippen LogP contribution >= 0.6 is 0 Å². The van der Waals surface area contributed by atoms with Crippen LogP contribution in [0.2, 0.25) is 0 Å². The largest absolute Gasteiger partial charge is 0.333 e. The smallest absolute Gasteiger partial charge is 0.305 e. The molecular formula is C16H10N4O2. The molecule has 0 bridgehead atoms. The molecule has 0 saturated carbocycles. The average Bonchev–Trinajstić information content (AvgIpc) is 2.55. The van der Waals surface area contributed by atoms with Gasteiger partial charge in [0, 0.05) is 17.8 Å². The molecule has 3 aromatic heterocycles. The molecule has 1 aromatic carbocycles. The van der Waals surface area contributed by atoms with Crippen LogP contribution < -0.4 is 11.2 Å². The van der Waals surface area contributed by atoms with E-state index in [4.69, 9.17) is 0 Å². The first kappa shape index (κ1) is 12.5. The number of nitrogens with one attached hydrogen (secondary N) is 1. The highest BCUT2D eigenvalue weighted by Crippen LogP contribution is 2.17. The molecule has 0 unspecified atom stereocenters. The van der Waals surface area contributed by atoms with E-state index in [-0.39, 0.29) is 5.56 Å². The Kier molecular flexibility index (Phi) is 2.62. The molecule has 0 saturated heterocycles. The Morgan fingerprint density at radius 2 is 1.86 bits per heavy atom. The maximum atomic E-state index is 12.7. The van der Waals surface area contributed by atoms with Crippen molar-refractivity contribution in [3.05, 3.63) is 75.8 Å². The van der Waals surface area contributed by atoms with Crippen LogP contribution in [0.4, 0.5) is 0 Å². The maximum Gasteiger partial charge on any atom is 0.333 e. The number of benzene rings is 1. The molecular weight excluding hydrogens is 280 g/mol. The van der Waals surface area contributed by atoms with Gasteiger partial charge in [-0.05, 0) is 18.2 Å². The van der Waals surface area contributed by atoms with Crippen LogP contribution in [-0.2, 0) is 0 Å². The van der Waals surface area contributed by atoms with Crippen molar-refractivity contribution in [2.45, 2.75) is 0 Å². The van der Waals surface area contributed by atoms with E-state index in [1.807, 2.05) is 18.2 Å². The van der Waals surface area contributed by atoms with Gasteiger partial charge in [-0.1, -0.05) is 18.2 Å². The van der Waals surface area contributed by atoms with Crippen molar-refractivity contribution >= 4 is 21.8 Å². The molecule has 0 aliphatic rings. The zero-order valence-corrected chi connectivity index (χ0v) is 11.4. The van der Waals surface area contributed by atoms with Gasteiger partial charge in [-0.25, -0.2) is 9.36 Å². The van der Waals surface area contributed by atoms with E-state index in [1.165, 1.54) is 12.4 Å². The highest BCUT2D eigenvalue weighted by atomic mass is 16.2. The quantitative estimate of drug-likeness (QED) is 0.577. The van der Waals surface area contributed by atoms with Gasteiger partial charge in [0.2, 0.25) is 0 Å². The molecule has 3 heterocycles. The standard InChI is InChI=1S/C16H10N4O2/c21-15-11-6-8-17-9-12(11)19-16(22)20(15)13-5-1-3-10-4-2-7-18-14(10)13/h1-9H,(H,19,22). The molecule has 0 fully saturated rings. The lowest BCUT2D eigenvalue weighted by molar-refractivity contribution is 0.904. The number of hydrogen-bond donors (Lipinski definition) is 1. The Labute approximate surface area is 123 Å². The summed E-state index contributed by atoms with van der Waals surface area (Å²) in [7, 11) is 0. The van der Waals surface area contributed by atoms with Gasteiger partial charge in [-0.3, -0.25) is 14.8 Å². The van der Waals surface area contributed by atoms with Crippen LogP contribution in [0, 0.1) is 0 Å². The fourth-order valence-corrected chi connectivity index (χ4v) is 2.55. The van der Waals surface area contributed by atoms with Gasteiger partial charge >= 0.3 is 5.69 Å². The summed E-state index contributed by atoms with van der Waals surface area (Å²) in [5.74, 6) is 0. The van der Waals surface area contributed by atoms with Crippen LogP contribution in [-0.4, -0.2) is 19.5 Å². The molecule has 6 heteroatoms. The first-order chi connectivity index (χ1) is 10.8. The third-order valence-corrected chi connectivity index (χ3v) is 3.55. The summed E-state index contributed by atoms with van der Waals surface area (Å²) >= 11 is 0. The number of fused-ring (bicyclic) bond motifs is 2. The topological polar surface area (TPSA) is 80.6 Å². The molecule has 0 amide bonds. The molecule has 106 valence electrons. The summed E-state index contributed by atoms with van der Waals surface area (Å²) in [6.07, 6.45) is 4.62. The SMILES string of the molecule is O=c1[nH]c2cnccc2c(=O)n1-c1cccc2cccnc12. The molecule has 0 aliphatic carbocycles. The van der Waals surface area contributed by atoms with E-state index < -0.39 is 5.69 Å². The Balaban J connectivity index is 2.18. The lowest BCUT2D eigenvalue weighted by Gasteiger charge is -2.08. The number of aromatic nitrogens is 4. The van der Waals surface area contributed by atoms with Gasteiger partial charge in [0.1, 0.15) is 0 Å². The predicted octanol–water partition coefficient (Wildman–Crippen LogP) is 1.62. The van der Waals surface area contributed by atoms with Crippen molar-refractivity contribution in [1.29, 1.82) is 0 Å². The number of aromatic amines is 1. The van der Waals surface area contributed by atoms with Crippen molar-refractivity contribution in [2.24, 2.45) is 0 Å². The molecule has 0 spiro atoms. The van der Waals surface area contributed by atoms with Gasteiger partial charge in [-0.15, -0.1) is 0 Å². The molecule has 1 N–H and O–H groups in total. The zero-order valence-electron chi connectivity index (χ0n) is 11.4. The highest BCUT2D eigenvalue weighted by Gasteiger charge is 2.12. The van der Waals surface area contributed by atoms with E-state index in [1.54, 1.807) is 24.4 Å². The van der Waals surface area contributed by atoms with Crippen LogP contribution in [0.25, 0.3) is 27.5 Å². The van der Waals surface area contributed by atoms with E-state index in [0.29, 0.717) is 22.1 Å². The zero-order chi connectivity index (χ0) is 15.1. The van der Waals surface area contributed by atoms with Crippen molar-refractivity contribution in [1.82, 2.24) is 19.5 Å². The van der Waals surface area contributed by atoms with Crippen LogP contribution in [0.15, 0.2) is 64.6 Å². The van der Waals surface area contributed by atoms with Crippen LogP contribution in [0.1, 0.15) is 0 Å². The second-order valence-corrected chi connectivity index (χ2v) is 4.84. The van der Waals surface area contributed by atoms with Crippen molar-refractivity contribution in [2.75, 3.05) is 0 Å². The normalized spacial score (nSPS) is 11.1. The Morgan fingerprint density at radius 1 is 1.00 bits per heavy atom. The number of pyridine rings is 2. The molecule has 6 nitrogen and oxygen atoms in total. The third-order valence-electron chi connectivity index (χ3n) is 3.55. The molecule has 0 atom stereocenters. The van der Waals surface area contributed by atoms with E-state index >= 15 is 0 Å². The first-order valence-corrected chi connectivity index (χ1v) is 6.69. The van der Waals surface area contributed by atoms with Gasteiger partial charge < -0.3 is 4.98 Å². The number of para-hydroxylation sites is 1. The first-order valence-electron chi connectivity index (χ1n) is 6.69. The minimum Gasteiger partial charge on any atom is -0.305 e. The van der Waals surface area contributed by atoms with Gasteiger partial charge in [0.15, 0.2) is 0 Å². The van der Waals surface area contributed by atoms with Crippen molar-refractivity contribution < 1.29 is 0 Å². The molecule has 22 heavy (non-hydrogen) atoms. The lowest BCUT2D eigenvalue weighted by Crippen LogP contribution is -2.33. The number of nitrogens with zero attached hydrogens (tertiary/aromatic N) is 3. The molecule has 0 radical (unpaired) electrons. The predicted molar refractivity (Wildman–Crippen MR) is 83.3 cm³/mol. The summed E-state index contributed by atoms with van der Waals surface area (Å²) in [6.45, 7) is 0. The summed E-state index contributed by atoms with van der Waals surface area (Å²) in [5.41, 5.74) is 0.582. The lowest BCUT2D eigenvalue weighted by atomic mass is 10.2. The summed E-state index contributed by atoms with van der Waals surface area (Å²) in [5, 5.41) is 1.27. The molecule has 0 aliphatic heterocycles. The fourth-order valence-electron chi connectivity index (χ4n) is 2.55. The van der Waals surface area contributed by atoms with Gasteiger partial charge in [0.25, 0.3) is 5.56 Å². The Bertz CT molecular complexity index is 1120. The Hall–Kier alpha value is -3.28. The van der Waals surface area contributed by atoms with Crippen LogP contribution in [0.3, 0.4) is 0 Å². The van der Waals surface area contributed by atoms with Gasteiger partial charge in [0.05, 0.1) is 28.3 Å². The highest BCUT2D eigenvalue weighted by molar-refractivity contribution is 5.86. The number of H-pyrrole nitrogens is 1. The number of rotatable bonds is 1. The fraction of sp³-hybridized carbons (Fsp3) is 0. The van der Waals surface area contributed by atoms with Crippen molar-refractivity contribution in [3.8, 4) is 5.69 Å². The second-order valence-electron chi connectivity index (χ2n) is 4.84. The second kappa shape index (κ2) is 4.63. The summed E-state index contributed by atoms with van der Waals surface area (Å²) in [6, 6.07) is 10.7. The Morgan fingerprint density at radius 3 is 2.77 bits per heavy atom.